The van der Waals surface area contributed by atoms with E-state index in [1.165, 1.54) is 35.9 Å². The molecule has 1 saturated carbocycles. The number of halogens is 1. The van der Waals surface area contributed by atoms with E-state index >= 15 is 0 Å². The van der Waals surface area contributed by atoms with Crippen molar-refractivity contribution in [2.75, 3.05) is 0 Å². The number of hydrogen-bond donors (Lipinski definition) is 0. The maximum Gasteiger partial charge on any atom is 0.267 e. The first-order valence-electron chi connectivity index (χ1n) is 12.4. The van der Waals surface area contributed by atoms with Gasteiger partial charge < -0.3 is 4.74 Å². The topological polar surface area (TPSA) is 41.9 Å². The fraction of sp³-hybridized carbons (Fsp3) is 0.267. The second-order valence-electron chi connectivity index (χ2n) is 9.29. The quantitative estimate of drug-likeness (QED) is 0.327. The molecular formula is C30H29FN2O2S. The summed E-state index contributed by atoms with van der Waals surface area (Å²) in [5.41, 5.74) is 3.88. The van der Waals surface area contributed by atoms with E-state index in [-0.39, 0.29) is 17.8 Å². The molecule has 2 aliphatic rings. The van der Waals surface area contributed by atoms with Crippen LogP contribution in [-0.4, -0.2) is 22.0 Å². The number of ether oxygens (including phenoxy) is 1. The fourth-order valence-corrected chi connectivity index (χ4v) is 5.57. The van der Waals surface area contributed by atoms with Gasteiger partial charge in [0.1, 0.15) is 18.2 Å². The van der Waals surface area contributed by atoms with E-state index < -0.39 is 0 Å². The van der Waals surface area contributed by atoms with Gasteiger partial charge in [-0.15, -0.1) is 0 Å². The SMILES string of the molecule is Cc1ccc(N=C2S/C(=C/c3ccc(OCc4ccc(F)cc4)cc3)C(=O)N2C2CCCCC2)cc1. The Bertz CT molecular complexity index is 1260. The van der Waals surface area contributed by atoms with Crippen LogP contribution in [0.3, 0.4) is 0 Å². The summed E-state index contributed by atoms with van der Waals surface area (Å²) in [4.78, 5) is 21.0. The predicted octanol–water partition coefficient (Wildman–Crippen LogP) is 7.65. The Morgan fingerprint density at radius 2 is 1.67 bits per heavy atom. The number of benzene rings is 3. The average molecular weight is 501 g/mol. The highest BCUT2D eigenvalue weighted by Gasteiger charge is 2.38. The maximum absolute atomic E-state index is 13.5. The van der Waals surface area contributed by atoms with E-state index in [1.807, 2.05) is 59.5 Å². The summed E-state index contributed by atoms with van der Waals surface area (Å²) in [6.45, 7) is 2.42. The zero-order chi connectivity index (χ0) is 24.9. The largest absolute Gasteiger partial charge is 0.489 e. The van der Waals surface area contributed by atoms with Crippen LogP contribution in [0.1, 0.15) is 48.8 Å². The van der Waals surface area contributed by atoms with Gasteiger partial charge in [0.25, 0.3) is 5.91 Å². The zero-order valence-electron chi connectivity index (χ0n) is 20.3. The number of amidine groups is 1. The van der Waals surface area contributed by atoms with Gasteiger partial charge in [0, 0.05) is 6.04 Å². The number of nitrogens with zero attached hydrogens (tertiary/aromatic N) is 2. The Kier molecular flexibility index (Phi) is 7.52. The molecular weight excluding hydrogens is 471 g/mol. The minimum absolute atomic E-state index is 0.0365. The van der Waals surface area contributed by atoms with Crippen LogP contribution in [-0.2, 0) is 11.4 Å². The number of carbonyl (C=O) groups is 1. The monoisotopic (exact) mass is 500 g/mol. The molecule has 1 aliphatic carbocycles. The lowest BCUT2D eigenvalue weighted by Crippen LogP contribution is -2.40. The van der Waals surface area contributed by atoms with Gasteiger partial charge in [0.2, 0.25) is 0 Å². The van der Waals surface area contributed by atoms with Gasteiger partial charge >= 0.3 is 0 Å². The standard InChI is InChI=1S/C30H29FN2O2S/c1-21-7-15-25(16-8-21)32-30-33(26-5-3-2-4-6-26)29(34)28(36-30)19-22-11-17-27(18-12-22)35-20-23-9-13-24(31)14-10-23/h7-19,26H,2-6,20H2,1H3/b28-19+,32-30?. The molecule has 4 nitrogen and oxygen atoms in total. The van der Waals surface area contributed by atoms with Crippen LogP contribution in [0, 0.1) is 12.7 Å². The van der Waals surface area contributed by atoms with Crippen LogP contribution in [0.15, 0.2) is 82.7 Å². The van der Waals surface area contributed by atoms with E-state index in [9.17, 15) is 9.18 Å². The van der Waals surface area contributed by atoms with Crippen LogP contribution in [0.5, 0.6) is 5.75 Å². The summed E-state index contributed by atoms with van der Waals surface area (Å²) >= 11 is 1.45. The third-order valence-electron chi connectivity index (χ3n) is 6.53. The molecule has 0 aromatic heterocycles. The first-order chi connectivity index (χ1) is 17.5. The molecule has 3 aromatic carbocycles. The molecule has 0 bridgehead atoms. The summed E-state index contributed by atoms with van der Waals surface area (Å²) in [5, 5.41) is 0.765. The molecule has 3 aromatic rings. The molecule has 184 valence electrons. The average Bonchev–Trinajstić information content (AvgIpc) is 3.20. The molecule has 0 radical (unpaired) electrons. The molecule has 0 N–H and O–H groups in total. The number of rotatable bonds is 6. The molecule has 0 atom stereocenters. The minimum Gasteiger partial charge on any atom is -0.489 e. The molecule has 0 spiro atoms. The maximum atomic E-state index is 13.5. The van der Waals surface area contributed by atoms with E-state index in [1.54, 1.807) is 12.1 Å². The Balaban J connectivity index is 1.33. The van der Waals surface area contributed by atoms with E-state index in [2.05, 4.69) is 6.92 Å². The van der Waals surface area contributed by atoms with Crippen molar-refractivity contribution < 1.29 is 13.9 Å². The van der Waals surface area contributed by atoms with E-state index in [0.29, 0.717) is 11.5 Å². The van der Waals surface area contributed by atoms with E-state index in [0.717, 1.165) is 53.4 Å². The number of thioether (sulfide) groups is 1. The van der Waals surface area contributed by atoms with E-state index in [4.69, 9.17) is 9.73 Å². The van der Waals surface area contributed by atoms with Crippen molar-refractivity contribution in [3.05, 3.63) is 100 Å². The van der Waals surface area contributed by atoms with Gasteiger partial charge in [-0.05, 0) is 85.1 Å². The molecule has 1 heterocycles. The smallest absolute Gasteiger partial charge is 0.267 e. The molecule has 0 unspecified atom stereocenters. The summed E-state index contributed by atoms with van der Waals surface area (Å²) in [5.74, 6) is 0.497. The number of carbonyl (C=O) groups excluding carboxylic acids is 1. The van der Waals surface area contributed by atoms with Crippen LogP contribution < -0.4 is 4.74 Å². The summed E-state index contributed by atoms with van der Waals surface area (Å²) in [6.07, 6.45) is 7.50. The van der Waals surface area contributed by atoms with Gasteiger partial charge in [0.05, 0.1) is 10.6 Å². The third kappa shape index (κ3) is 5.88. The molecule has 1 amide bonds. The van der Waals surface area contributed by atoms with Crippen molar-refractivity contribution in [3.63, 3.8) is 0 Å². The van der Waals surface area contributed by atoms with Crippen LogP contribution >= 0.6 is 11.8 Å². The highest BCUT2D eigenvalue weighted by molar-refractivity contribution is 8.18. The van der Waals surface area contributed by atoms with Gasteiger partial charge in [-0.3, -0.25) is 9.69 Å². The number of aryl methyl sites for hydroxylation is 1. The van der Waals surface area contributed by atoms with Gasteiger partial charge in [-0.25, -0.2) is 9.38 Å². The minimum atomic E-state index is -0.260. The Labute approximate surface area is 215 Å². The fourth-order valence-electron chi connectivity index (χ4n) is 4.51. The molecule has 1 saturated heterocycles. The van der Waals surface area contributed by atoms with Gasteiger partial charge in [0.15, 0.2) is 5.17 Å². The van der Waals surface area contributed by atoms with Gasteiger partial charge in [-0.2, -0.15) is 0 Å². The normalized spacial score (nSPS) is 18.8. The van der Waals surface area contributed by atoms with Crippen molar-refractivity contribution in [3.8, 4) is 5.75 Å². The van der Waals surface area contributed by atoms with Crippen molar-refractivity contribution in [1.29, 1.82) is 0 Å². The molecule has 1 aliphatic heterocycles. The molecule has 2 fully saturated rings. The summed E-state index contributed by atoms with van der Waals surface area (Å²) in [7, 11) is 0. The Morgan fingerprint density at radius 3 is 2.36 bits per heavy atom. The van der Waals surface area contributed by atoms with Crippen LogP contribution in [0.4, 0.5) is 10.1 Å². The highest BCUT2D eigenvalue weighted by atomic mass is 32.2. The first-order valence-corrected chi connectivity index (χ1v) is 13.2. The number of hydrogen-bond acceptors (Lipinski definition) is 4. The van der Waals surface area contributed by atoms with Crippen molar-refractivity contribution in [2.24, 2.45) is 4.99 Å². The van der Waals surface area contributed by atoms with Crippen LogP contribution in [0.25, 0.3) is 6.08 Å². The lowest BCUT2D eigenvalue weighted by molar-refractivity contribution is -0.124. The first kappa shape index (κ1) is 24.3. The second kappa shape index (κ2) is 11.1. The molecule has 6 heteroatoms. The summed E-state index contributed by atoms with van der Waals surface area (Å²) in [6, 6.07) is 22.2. The number of aliphatic imine (C=N–C) groups is 1. The lowest BCUT2D eigenvalue weighted by Gasteiger charge is -2.30. The van der Waals surface area contributed by atoms with Crippen LogP contribution in [0.2, 0.25) is 0 Å². The predicted molar refractivity (Wildman–Crippen MR) is 145 cm³/mol. The second-order valence-corrected chi connectivity index (χ2v) is 10.3. The number of amides is 1. The van der Waals surface area contributed by atoms with Crippen molar-refractivity contribution in [1.82, 2.24) is 4.90 Å². The lowest BCUT2D eigenvalue weighted by atomic mass is 9.94. The zero-order valence-corrected chi connectivity index (χ0v) is 21.1. The summed E-state index contributed by atoms with van der Waals surface area (Å²) < 4.78 is 18.9. The highest BCUT2D eigenvalue weighted by Crippen LogP contribution is 2.38. The van der Waals surface area contributed by atoms with Crippen molar-refractivity contribution in [2.45, 2.75) is 51.7 Å². The third-order valence-corrected chi connectivity index (χ3v) is 7.52. The Morgan fingerprint density at radius 1 is 0.972 bits per heavy atom. The molecule has 5 rings (SSSR count). The van der Waals surface area contributed by atoms with Gasteiger partial charge in [-0.1, -0.05) is 61.2 Å². The Hall–Kier alpha value is -3.38. The molecule has 36 heavy (non-hydrogen) atoms. The van der Waals surface area contributed by atoms with Crippen molar-refractivity contribution >= 4 is 34.6 Å².